The number of aliphatic hydroxyl groups is 1. The first-order valence-corrected chi connectivity index (χ1v) is 39.0. The monoisotopic (exact) mass is 1300 g/mol. The van der Waals surface area contributed by atoms with Gasteiger partial charge in [0.15, 0.2) is 12.2 Å². The first kappa shape index (κ1) is 86.1. The third-order valence-electron chi connectivity index (χ3n) is 17.0. The van der Waals surface area contributed by atoms with Crippen molar-refractivity contribution in [1.82, 2.24) is 0 Å². The highest BCUT2D eigenvalue weighted by Crippen LogP contribution is 2.45. The van der Waals surface area contributed by atoms with Crippen molar-refractivity contribution in [1.29, 1.82) is 0 Å². The number of carbonyl (C=O) groups excluding carboxylic acids is 4. The van der Waals surface area contributed by atoms with Crippen LogP contribution in [0.3, 0.4) is 0 Å². The third kappa shape index (κ3) is 59.1. The van der Waals surface area contributed by atoms with E-state index in [9.17, 15) is 43.2 Å². The SMILES string of the molecule is CCCCCCCCCCCCCCCCCCCCC(=O)O[C@H](COC(=O)CCCCCCCCC(C)CC)COP(=O)(O)OC[C@@H](O)COP(=O)(O)OC[C@@H](COC(=O)CCCCCCCCC(C)CC)OC(=O)CCCCCCCCC(C)CC. The van der Waals surface area contributed by atoms with E-state index in [1.165, 1.54) is 141 Å². The largest absolute Gasteiger partial charge is 0.472 e. The molecule has 0 heterocycles. The molecule has 522 valence electrons. The van der Waals surface area contributed by atoms with Crippen LogP contribution < -0.4 is 0 Å². The number of unbranched alkanes of at least 4 members (excludes halogenated alkanes) is 32. The Kier molecular flexibility index (Phi) is 58.7. The molecule has 88 heavy (non-hydrogen) atoms. The van der Waals surface area contributed by atoms with E-state index < -0.39 is 97.5 Å². The van der Waals surface area contributed by atoms with Crippen LogP contribution in [0.2, 0.25) is 0 Å². The molecule has 0 amide bonds. The lowest BCUT2D eigenvalue weighted by molar-refractivity contribution is -0.161. The second-order valence-corrected chi connectivity index (χ2v) is 28.6. The zero-order valence-electron chi connectivity index (χ0n) is 57.2. The van der Waals surface area contributed by atoms with Crippen LogP contribution in [0.25, 0.3) is 0 Å². The molecule has 0 aromatic rings. The number of hydrogen-bond donors (Lipinski definition) is 3. The van der Waals surface area contributed by atoms with Gasteiger partial charge in [-0.1, -0.05) is 292 Å². The van der Waals surface area contributed by atoms with Gasteiger partial charge in [0.1, 0.15) is 19.3 Å². The lowest BCUT2D eigenvalue weighted by atomic mass is 10.00. The van der Waals surface area contributed by atoms with Gasteiger partial charge in [0.25, 0.3) is 0 Å². The maximum Gasteiger partial charge on any atom is 0.472 e. The summed E-state index contributed by atoms with van der Waals surface area (Å²) in [6, 6.07) is 0. The quantitative estimate of drug-likeness (QED) is 0.0222. The zero-order chi connectivity index (χ0) is 65.2. The van der Waals surface area contributed by atoms with Crippen LogP contribution >= 0.6 is 15.6 Å². The molecule has 0 spiro atoms. The van der Waals surface area contributed by atoms with Crippen LogP contribution in [-0.4, -0.2) is 96.7 Å². The van der Waals surface area contributed by atoms with E-state index in [2.05, 4.69) is 48.5 Å². The molecule has 5 unspecified atom stereocenters. The number of rotatable bonds is 67. The smallest absolute Gasteiger partial charge is 0.462 e. The topological polar surface area (TPSA) is 237 Å². The van der Waals surface area contributed by atoms with Crippen molar-refractivity contribution in [3.05, 3.63) is 0 Å². The Morgan fingerprint density at radius 1 is 0.318 bits per heavy atom. The molecule has 8 atom stereocenters. The van der Waals surface area contributed by atoms with E-state index in [4.69, 9.17) is 37.0 Å². The van der Waals surface area contributed by atoms with E-state index in [0.717, 1.165) is 120 Å². The Labute approximate surface area is 537 Å². The molecule has 0 saturated carbocycles. The van der Waals surface area contributed by atoms with Gasteiger partial charge < -0.3 is 33.8 Å². The summed E-state index contributed by atoms with van der Waals surface area (Å²) in [5.74, 6) is 0.0483. The van der Waals surface area contributed by atoms with E-state index in [1.54, 1.807) is 0 Å². The lowest BCUT2D eigenvalue weighted by Gasteiger charge is -2.21. The molecule has 3 N–H and O–H groups in total. The second kappa shape index (κ2) is 60.0. The average molecular weight is 1300 g/mol. The minimum absolute atomic E-state index is 0.102. The maximum absolute atomic E-state index is 13.0. The van der Waals surface area contributed by atoms with Gasteiger partial charge in [-0.25, -0.2) is 9.13 Å². The molecule has 0 rings (SSSR count). The standard InChI is InChI=1S/C69H134O17P2/c1-8-12-13-14-15-16-17-18-19-20-21-22-23-24-25-26-38-45-52-68(73)85-64(56-79-66(71)50-43-36-30-27-33-40-47-60(5)9-2)58-83-87(75,76)81-54-63(70)55-82-88(77,78)84-59-65(86-69(74)53-46-39-32-29-35-42-49-62(7)11-4)57-80-67(72)51-44-37-31-28-34-41-48-61(6)10-3/h60-65,70H,8-59H2,1-7H3,(H,75,76)(H,77,78)/t60?,61?,62?,63-,64-,65-/m1/s1. The Morgan fingerprint density at radius 2 is 0.545 bits per heavy atom. The Balaban J connectivity index is 5.22. The predicted octanol–water partition coefficient (Wildman–Crippen LogP) is 19.5. The second-order valence-electron chi connectivity index (χ2n) is 25.6. The molecule has 0 fully saturated rings. The average Bonchev–Trinajstić information content (AvgIpc) is 3.65. The Morgan fingerprint density at radius 3 is 0.807 bits per heavy atom. The Hall–Kier alpha value is -1.94. The third-order valence-corrected chi connectivity index (χ3v) is 18.9. The molecule has 17 nitrogen and oxygen atoms in total. The van der Waals surface area contributed by atoms with Crippen LogP contribution in [0.15, 0.2) is 0 Å². The van der Waals surface area contributed by atoms with Crippen LogP contribution in [0.4, 0.5) is 0 Å². The number of hydrogen-bond acceptors (Lipinski definition) is 15. The summed E-state index contributed by atoms with van der Waals surface area (Å²) < 4.78 is 68.2. The van der Waals surface area contributed by atoms with Crippen LogP contribution in [0.1, 0.15) is 344 Å². The lowest BCUT2D eigenvalue weighted by Crippen LogP contribution is -2.30. The molecule has 0 aliphatic carbocycles. The van der Waals surface area contributed by atoms with Gasteiger partial charge in [-0.2, -0.15) is 0 Å². The van der Waals surface area contributed by atoms with Crippen LogP contribution in [-0.2, 0) is 65.4 Å². The summed E-state index contributed by atoms with van der Waals surface area (Å²) in [6.07, 6.45) is 43.2. The summed E-state index contributed by atoms with van der Waals surface area (Å²) in [4.78, 5) is 72.4. The minimum Gasteiger partial charge on any atom is -0.462 e. The van der Waals surface area contributed by atoms with Crippen LogP contribution in [0, 0.1) is 17.8 Å². The fraction of sp³-hybridized carbons (Fsp3) is 0.942. The Bertz CT molecular complexity index is 1740. The molecule has 0 aliphatic rings. The first-order chi connectivity index (χ1) is 42.3. The first-order valence-electron chi connectivity index (χ1n) is 36.0. The van der Waals surface area contributed by atoms with Crippen molar-refractivity contribution in [2.75, 3.05) is 39.6 Å². The molecule has 0 aliphatic heterocycles. The fourth-order valence-corrected chi connectivity index (χ4v) is 11.8. The summed E-state index contributed by atoms with van der Waals surface area (Å²) in [7, 11) is -9.90. The molecule has 0 bridgehead atoms. The number of aliphatic hydroxyl groups excluding tert-OH is 1. The van der Waals surface area contributed by atoms with Gasteiger partial charge in [0.05, 0.1) is 26.4 Å². The zero-order valence-corrected chi connectivity index (χ0v) is 59.0. The molecule has 19 heteroatoms. The van der Waals surface area contributed by atoms with Crippen molar-refractivity contribution in [2.45, 2.75) is 362 Å². The number of esters is 4. The predicted molar refractivity (Wildman–Crippen MR) is 354 cm³/mol. The number of phosphoric ester groups is 2. The van der Waals surface area contributed by atoms with Gasteiger partial charge in [0, 0.05) is 25.7 Å². The molecular weight excluding hydrogens is 1160 g/mol. The summed E-state index contributed by atoms with van der Waals surface area (Å²) in [5, 5.41) is 10.6. The highest BCUT2D eigenvalue weighted by Gasteiger charge is 2.30. The van der Waals surface area contributed by atoms with Crippen molar-refractivity contribution in [3.63, 3.8) is 0 Å². The molecule has 0 radical (unpaired) electrons. The van der Waals surface area contributed by atoms with E-state index in [1.807, 2.05) is 0 Å². The minimum atomic E-state index is -4.95. The van der Waals surface area contributed by atoms with Gasteiger partial charge >= 0.3 is 39.5 Å². The van der Waals surface area contributed by atoms with Gasteiger partial charge in [-0.05, 0) is 43.4 Å². The van der Waals surface area contributed by atoms with Gasteiger partial charge in [-0.3, -0.25) is 37.3 Å². The van der Waals surface area contributed by atoms with Crippen molar-refractivity contribution in [3.8, 4) is 0 Å². The van der Waals surface area contributed by atoms with E-state index >= 15 is 0 Å². The maximum atomic E-state index is 13.0. The van der Waals surface area contributed by atoms with E-state index in [0.29, 0.717) is 25.7 Å². The highest BCUT2D eigenvalue weighted by molar-refractivity contribution is 7.47. The number of phosphoric acid groups is 2. The van der Waals surface area contributed by atoms with Crippen molar-refractivity contribution >= 4 is 39.5 Å². The molecule has 0 aromatic carbocycles. The molecule has 0 aromatic heterocycles. The summed E-state index contributed by atoms with van der Waals surface area (Å²) in [5.41, 5.74) is 0. The molecule has 0 saturated heterocycles. The van der Waals surface area contributed by atoms with Crippen molar-refractivity contribution in [2.24, 2.45) is 17.8 Å². The summed E-state index contributed by atoms with van der Waals surface area (Å²) >= 11 is 0. The van der Waals surface area contributed by atoms with Gasteiger partial charge in [0.2, 0.25) is 0 Å². The van der Waals surface area contributed by atoms with Gasteiger partial charge in [-0.15, -0.1) is 0 Å². The van der Waals surface area contributed by atoms with E-state index in [-0.39, 0.29) is 25.7 Å². The summed E-state index contributed by atoms with van der Waals surface area (Å²) in [6.45, 7) is 11.7. The molecular formula is C69H134O17P2. The number of ether oxygens (including phenoxy) is 4. The normalized spacial score (nSPS) is 15.2. The van der Waals surface area contributed by atoms with Crippen molar-refractivity contribution < 1.29 is 80.2 Å². The van der Waals surface area contributed by atoms with Crippen LogP contribution in [0.5, 0.6) is 0 Å². The highest BCUT2D eigenvalue weighted by atomic mass is 31.2. The number of carbonyl (C=O) groups is 4. The fourth-order valence-electron chi connectivity index (χ4n) is 10.3.